The van der Waals surface area contributed by atoms with Crippen molar-refractivity contribution in [2.24, 2.45) is 5.92 Å². The van der Waals surface area contributed by atoms with Crippen LogP contribution in [-0.2, 0) is 19.5 Å². The molecular formula is C20H30N4O2. The Hall–Kier alpha value is -1.92. The van der Waals surface area contributed by atoms with E-state index >= 15 is 0 Å². The number of hydrogen-bond donors (Lipinski definition) is 0. The zero-order chi connectivity index (χ0) is 18.4. The summed E-state index contributed by atoms with van der Waals surface area (Å²) in [5, 5.41) is 4.12. The first kappa shape index (κ1) is 18.9. The molecule has 0 N–H and O–H groups in total. The van der Waals surface area contributed by atoms with Crippen molar-refractivity contribution in [3.63, 3.8) is 0 Å². The molecule has 6 heteroatoms. The number of benzene rings is 1. The van der Waals surface area contributed by atoms with Crippen LogP contribution in [0.3, 0.4) is 0 Å². The van der Waals surface area contributed by atoms with Gasteiger partial charge >= 0.3 is 0 Å². The molecule has 3 rings (SSSR count). The highest BCUT2D eigenvalue weighted by Gasteiger charge is 2.19. The molecule has 0 spiro atoms. The smallest absolute Gasteiger partial charge is 0.226 e. The van der Waals surface area contributed by atoms with Gasteiger partial charge in [-0.3, -0.25) is 9.80 Å². The third-order valence-electron chi connectivity index (χ3n) is 4.56. The van der Waals surface area contributed by atoms with Crippen LogP contribution >= 0.6 is 0 Å². The van der Waals surface area contributed by atoms with Gasteiger partial charge in [-0.25, -0.2) is 0 Å². The summed E-state index contributed by atoms with van der Waals surface area (Å²) in [5.74, 6) is 3.04. The molecule has 26 heavy (non-hydrogen) atoms. The van der Waals surface area contributed by atoms with Crippen LogP contribution < -0.4 is 4.74 Å². The second kappa shape index (κ2) is 9.14. The van der Waals surface area contributed by atoms with Gasteiger partial charge in [-0.1, -0.05) is 31.1 Å². The monoisotopic (exact) mass is 358 g/mol. The molecule has 0 bridgehead atoms. The van der Waals surface area contributed by atoms with E-state index in [0.29, 0.717) is 12.5 Å². The Labute approximate surface area is 156 Å². The summed E-state index contributed by atoms with van der Waals surface area (Å²) < 4.78 is 10.8. The highest BCUT2D eigenvalue weighted by atomic mass is 16.5. The van der Waals surface area contributed by atoms with E-state index in [1.165, 1.54) is 5.56 Å². The second-order valence-electron chi connectivity index (χ2n) is 7.33. The van der Waals surface area contributed by atoms with Crippen LogP contribution in [0.15, 0.2) is 28.8 Å². The van der Waals surface area contributed by atoms with Gasteiger partial charge in [0.15, 0.2) is 5.82 Å². The largest absolute Gasteiger partial charge is 0.494 e. The molecular weight excluding hydrogens is 328 g/mol. The van der Waals surface area contributed by atoms with E-state index in [0.717, 1.165) is 63.2 Å². The lowest BCUT2D eigenvalue weighted by atomic mass is 10.1. The third-order valence-corrected chi connectivity index (χ3v) is 4.56. The van der Waals surface area contributed by atoms with Crippen molar-refractivity contribution in [2.45, 2.75) is 40.3 Å². The van der Waals surface area contributed by atoms with Gasteiger partial charge in [-0.05, 0) is 30.5 Å². The summed E-state index contributed by atoms with van der Waals surface area (Å²) in [6.45, 7) is 13.0. The molecule has 0 unspecified atom stereocenters. The summed E-state index contributed by atoms with van der Waals surface area (Å²) in [5.41, 5.74) is 1.33. The lowest BCUT2D eigenvalue weighted by molar-refractivity contribution is 0.119. The third kappa shape index (κ3) is 5.54. The van der Waals surface area contributed by atoms with Crippen molar-refractivity contribution in [3.8, 4) is 5.75 Å². The summed E-state index contributed by atoms with van der Waals surface area (Å²) in [6, 6.07) is 8.43. The molecule has 1 fully saturated rings. The van der Waals surface area contributed by atoms with Crippen LogP contribution in [0.5, 0.6) is 5.75 Å². The predicted molar refractivity (Wildman–Crippen MR) is 101 cm³/mol. The first-order valence-corrected chi connectivity index (χ1v) is 9.60. The van der Waals surface area contributed by atoms with Gasteiger partial charge in [0, 0.05) is 39.1 Å². The normalized spacial score (nSPS) is 16.3. The Balaban J connectivity index is 1.43. The Morgan fingerprint density at radius 2 is 1.69 bits per heavy atom. The molecule has 142 valence electrons. The highest BCUT2D eigenvalue weighted by molar-refractivity contribution is 5.27. The van der Waals surface area contributed by atoms with Gasteiger partial charge in [0.2, 0.25) is 5.89 Å². The highest BCUT2D eigenvalue weighted by Crippen LogP contribution is 2.15. The van der Waals surface area contributed by atoms with Gasteiger partial charge < -0.3 is 9.26 Å². The summed E-state index contributed by atoms with van der Waals surface area (Å²) in [6.07, 6.45) is 0.850. The molecule has 0 radical (unpaired) electrons. The van der Waals surface area contributed by atoms with Crippen molar-refractivity contribution in [1.82, 2.24) is 19.9 Å². The van der Waals surface area contributed by atoms with E-state index in [1.807, 2.05) is 6.92 Å². The number of piperazine rings is 1. The van der Waals surface area contributed by atoms with Crippen molar-refractivity contribution >= 4 is 0 Å². The van der Waals surface area contributed by atoms with E-state index in [9.17, 15) is 0 Å². The number of rotatable bonds is 8. The van der Waals surface area contributed by atoms with Gasteiger partial charge in [0.25, 0.3) is 0 Å². The summed E-state index contributed by atoms with van der Waals surface area (Å²) >= 11 is 0. The Morgan fingerprint density at radius 3 is 2.31 bits per heavy atom. The Kier molecular flexibility index (Phi) is 6.63. The molecule has 0 atom stereocenters. The zero-order valence-corrected chi connectivity index (χ0v) is 16.1. The topological polar surface area (TPSA) is 54.6 Å². The molecule has 1 aromatic carbocycles. The van der Waals surface area contributed by atoms with Crippen molar-refractivity contribution < 1.29 is 9.26 Å². The van der Waals surface area contributed by atoms with Crippen LogP contribution in [0.25, 0.3) is 0 Å². The molecule has 0 aliphatic carbocycles. The number of aromatic nitrogens is 2. The SMILES string of the molecule is CCOc1ccc(CN2CCN(Cc3noc(CC(C)C)n3)CC2)cc1. The number of nitrogens with zero attached hydrogens (tertiary/aromatic N) is 4. The van der Waals surface area contributed by atoms with Gasteiger partial charge in [0.05, 0.1) is 13.2 Å². The van der Waals surface area contributed by atoms with Crippen molar-refractivity contribution in [1.29, 1.82) is 0 Å². The van der Waals surface area contributed by atoms with Crippen molar-refractivity contribution in [2.75, 3.05) is 32.8 Å². The summed E-state index contributed by atoms with van der Waals surface area (Å²) in [7, 11) is 0. The van der Waals surface area contributed by atoms with E-state index in [4.69, 9.17) is 9.26 Å². The maximum Gasteiger partial charge on any atom is 0.226 e. The second-order valence-corrected chi connectivity index (χ2v) is 7.33. The lowest BCUT2D eigenvalue weighted by Crippen LogP contribution is -2.45. The standard InChI is InChI=1S/C20H30N4O2/c1-4-25-18-7-5-17(6-8-18)14-23-9-11-24(12-10-23)15-19-21-20(26-22-19)13-16(2)3/h5-8,16H,4,9-15H2,1-3H3. The number of ether oxygens (including phenoxy) is 1. The van der Waals surface area contributed by atoms with Crippen LogP contribution in [0, 0.1) is 5.92 Å². The average molecular weight is 358 g/mol. The minimum absolute atomic E-state index is 0.537. The van der Waals surface area contributed by atoms with Crippen LogP contribution in [0.4, 0.5) is 0 Å². The van der Waals surface area contributed by atoms with Crippen LogP contribution in [0.1, 0.15) is 38.0 Å². The van der Waals surface area contributed by atoms with Crippen LogP contribution in [0.2, 0.25) is 0 Å². The maximum absolute atomic E-state index is 5.50. The average Bonchev–Trinajstić information content (AvgIpc) is 3.05. The fraction of sp³-hybridized carbons (Fsp3) is 0.600. The van der Waals surface area contributed by atoms with Crippen molar-refractivity contribution in [3.05, 3.63) is 41.5 Å². The predicted octanol–water partition coefficient (Wildman–Crippen LogP) is 2.98. The molecule has 0 amide bonds. The minimum atomic E-state index is 0.537. The fourth-order valence-electron chi connectivity index (χ4n) is 3.21. The van der Waals surface area contributed by atoms with E-state index < -0.39 is 0 Å². The van der Waals surface area contributed by atoms with Gasteiger partial charge in [-0.2, -0.15) is 4.98 Å². The first-order valence-electron chi connectivity index (χ1n) is 9.60. The quantitative estimate of drug-likeness (QED) is 0.723. The molecule has 2 aromatic rings. The Morgan fingerprint density at radius 1 is 1.04 bits per heavy atom. The molecule has 1 saturated heterocycles. The fourth-order valence-corrected chi connectivity index (χ4v) is 3.21. The van der Waals surface area contributed by atoms with Gasteiger partial charge in [0.1, 0.15) is 5.75 Å². The molecule has 1 aromatic heterocycles. The minimum Gasteiger partial charge on any atom is -0.494 e. The number of hydrogen-bond acceptors (Lipinski definition) is 6. The molecule has 2 heterocycles. The van der Waals surface area contributed by atoms with E-state index in [-0.39, 0.29) is 0 Å². The zero-order valence-electron chi connectivity index (χ0n) is 16.1. The summed E-state index contributed by atoms with van der Waals surface area (Å²) in [4.78, 5) is 9.40. The van der Waals surface area contributed by atoms with Gasteiger partial charge in [-0.15, -0.1) is 0 Å². The van der Waals surface area contributed by atoms with E-state index in [2.05, 4.69) is 58.1 Å². The first-order chi connectivity index (χ1) is 12.6. The van der Waals surface area contributed by atoms with E-state index in [1.54, 1.807) is 0 Å². The molecule has 1 aliphatic heterocycles. The molecule has 0 saturated carbocycles. The molecule has 6 nitrogen and oxygen atoms in total. The van der Waals surface area contributed by atoms with Crippen LogP contribution in [-0.4, -0.2) is 52.7 Å². The molecule has 1 aliphatic rings. The Bertz CT molecular complexity index is 661. The maximum atomic E-state index is 5.50. The lowest BCUT2D eigenvalue weighted by Gasteiger charge is -2.34.